The summed E-state index contributed by atoms with van der Waals surface area (Å²) in [5, 5.41) is -0.0181. The number of aryl methyl sites for hydroxylation is 1. The number of hydrogen-bond donors (Lipinski definition) is 1. The average Bonchev–Trinajstić information content (AvgIpc) is 3.26. The fourth-order valence-electron chi connectivity index (χ4n) is 9.64. The van der Waals surface area contributed by atoms with E-state index in [0.717, 1.165) is 107 Å². The van der Waals surface area contributed by atoms with E-state index in [0.29, 0.717) is 24.5 Å². The first kappa shape index (κ1) is 37.7. The number of carbonyl (C=O) groups excluding carboxylic acids is 1. The molecule has 0 aromatic heterocycles. The highest BCUT2D eigenvalue weighted by Crippen LogP contribution is 2.49. The van der Waals surface area contributed by atoms with Gasteiger partial charge < -0.3 is 19.3 Å². The Bertz CT molecular complexity index is 1760. The van der Waals surface area contributed by atoms with E-state index in [2.05, 4.69) is 50.6 Å². The minimum absolute atomic E-state index is 0.209. The van der Waals surface area contributed by atoms with Crippen molar-refractivity contribution in [2.75, 3.05) is 71.0 Å². The predicted molar refractivity (Wildman–Crippen MR) is 208 cm³/mol. The molecule has 3 heterocycles. The lowest BCUT2D eigenvalue weighted by Gasteiger charge is -2.52. The van der Waals surface area contributed by atoms with Crippen LogP contribution in [-0.4, -0.2) is 101 Å². The molecule has 1 spiro atoms. The highest BCUT2D eigenvalue weighted by Gasteiger charge is 2.50. The fourth-order valence-corrected chi connectivity index (χ4v) is 11.1. The van der Waals surface area contributed by atoms with Gasteiger partial charge in [-0.15, -0.1) is 0 Å². The van der Waals surface area contributed by atoms with Gasteiger partial charge in [0.1, 0.15) is 11.4 Å². The molecule has 6 atom stereocenters. The fraction of sp³-hybridized carbons (Fsp3) is 0.634. The van der Waals surface area contributed by atoms with Crippen LogP contribution in [0.15, 0.2) is 48.6 Å². The molecular weight excluding hydrogens is 696 g/mol. The van der Waals surface area contributed by atoms with Gasteiger partial charge in [0.25, 0.3) is 5.91 Å². The number of nitrogens with one attached hydrogen (secondary N) is 1. The van der Waals surface area contributed by atoms with E-state index >= 15 is 0 Å². The van der Waals surface area contributed by atoms with E-state index in [9.17, 15) is 13.2 Å². The van der Waals surface area contributed by atoms with Crippen molar-refractivity contribution in [1.29, 1.82) is 0 Å². The molecule has 2 bridgehead atoms. The second-order valence-corrected chi connectivity index (χ2v) is 18.8. The van der Waals surface area contributed by atoms with E-state index in [1.807, 2.05) is 32.2 Å². The Morgan fingerprint density at radius 1 is 1.06 bits per heavy atom. The molecule has 2 aromatic carbocycles. The van der Waals surface area contributed by atoms with Gasteiger partial charge in [-0.05, 0) is 118 Å². The third kappa shape index (κ3) is 7.39. The zero-order chi connectivity index (χ0) is 36.7. The number of amides is 1. The molecule has 2 aliphatic carbocycles. The zero-order valence-corrected chi connectivity index (χ0v) is 33.0. The van der Waals surface area contributed by atoms with Gasteiger partial charge in [-0.25, -0.2) is 13.1 Å². The summed E-state index contributed by atoms with van der Waals surface area (Å²) in [4.78, 5) is 21.2. The Morgan fingerprint density at radius 2 is 1.85 bits per heavy atom. The molecule has 0 radical (unpaired) electrons. The van der Waals surface area contributed by atoms with E-state index in [1.54, 1.807) is 13.0 Å². The van der Waals surface area contributed by atoms with Crippen LogP contribution in [0.2, 0.25) is 5.02 Å². The summed E-state index contributed by atoms with van der Waals surface area (Å²) in [5.41, 5.74) is 2.95. The van der Waals surface area contributed by atoms with Gasteiger partial charge in [0, 0.05) is 68.9 Å². The number of fused-ring (bicyclic) bond motifs is 4. The Balaban J connectivity index is 1.28. The first-order chi connectivity index (χ1) is 25.0. The summed E-state index contributed by atoms with van der Waals surface area (Å²) in [7, 11) is -2.09. The monoisotopic (exact) mass is 752 g/mol. The Labute approximate surface area is 316 Å². The maximum Gasteiger partial charge on any atom is 0.264 e. The Kier molecular flexibility index (Phi) is 11.0. The number of piperazine rings is 1. The van der Waals surface area contributed by atoms with E-state index < -0.39 is 26.8 Å². The smallest absolute Gasteiger partial charge is 0.264 e. The second kappa shape index (κ2) is 15.2. The van der Waals surface area contributed by atoms with E-state index in [1.165, 1.54) is 11.1 Å². The van der Waals surface area contributed by atoms with Crippen molar-refractivity contribution < 1.29 is 22.7 Å². The first-order valence-electron chi connectivity index (χ1n) is 19.5. The number of rotatable bonds is 5. The lowest BCUT2D eigenvalue weighted by Crippen LogP contribution is -2.59. The van der Waals surface area contributed by atoms with E-state index in [-0.39, 0.29) is 17.3 Å². The van der Waals surface area contributed by atoms with Crippen LogP contribution < -0.4 is 14.4 Å². The van der Waals surface area contributed by atoms with Gasteiger partial charge in [-0.1, -0.05) is 43.7 Å². The molecule has 0 unspecified atom stereocenters. The van der Waals surface area contributed by atoms with Crippen LogP contribution in [0.5, 0.6) is 5.75 Å². The molecule has 2 fully saturated rings. The van der Waals surface area contributed by atoms with Crippen LogP contribution in [0, 0.1) is 17.8 Å². The standard InChI is InChI=1S/C41H57ClN4O5S/c1-5-18-44-19-21-45(22-20-44)27-41(50-4)17-6-8-29(2)30(3)52(48,49)43-39(47)32-11-15-38-37(24-32)46(25-33-10-13-36(33)41)26-40(28-51-38)16-7-9-31-23-34(42)12-14-35(31)40/h6,11-12,14-15,17,23-24,29-30,33,36H,5,7-10,13,16,18-22,25-28H2,1-4H3,(H,43,47)/b17-6+/t29-,30+,33-,36+,40-,41+/m0/s1. The molecule has 1 N–H and O–H groups in total. The molecule has 9 nitrogen and oxygen atoms in total. The molecular formula is C41H57ClN4O5S. The SMILES string of the molecule is CCCN1CCN(C[C@]2(OC)/C=C/C[C@H](C)[C@@H](C)S(=O)(=O)NC(=O)c3ccc4c(c3)N(C[C@@H]3CC[C@H]32)C[C@@]2(CCCc3cc(Cl)ccc32)CO4)CC1. The van der Waals surface area contributed by atoms with Crippen LogP contribution in [0.25, 0.3) is 0 Å². The van der Waals surface area contributed by atoms with Crippen LogP contribution >= 0.6 is 11.6 Å². The van der Waals surface area contributed by atoms with Crippen molar-refractivity contribution in [2.45, 2.75) is 82.0 Å². The van der Waals surface area contributed by atoms with Crippen LogP contribution in [0.1, 0.15) is 80.8 Å². The predicted octanol–water partition coefficient (Wildman–Crippen LogP) is 6.30. The molecule has 5 aliphatic rings. The Morgan fingerprint density at radius 3 is 2.58 bits per heavy atom. The highest BCUT2D eigenvalue weighted by molar-refractivity contribution is 7.90. The number of methoxy groups -OCH3 is 1. The number of nitrogens with zero attached hydrogens (tertiary/aromatic N) is 3. The highest BCUT2D eigenvalue weighted by atomic mass is 35.5. The van der Waals surface area contributed by atoms with Crippen LogP contribution in [0.3, 0.4) is 0 Å². The van der Waals surface area contributed by atoms with Crippen LogP contribution in [-0.2, 0) is 26.6 Å². The number of ether oxygens (including phenoxy) is 2. The molecule has 1 amide bonds. The lowest BCUT2D eigenvalue weighted by atomic mass is 9.63. The van der Waals surface area contributed by atoms with Crippen molar-refractivity contribution in [1.82, 2.24) is 14.5 Å². The number of benzene rings is 2. The first-order valence-corrected chi connectivity index (χ1v) is 21.4. The van der Waals surface area contributed by atoms with Gasteiger partial charge in [0.05, 0.1) is 17.5 Å². The maximum atomic E-state index is 13.6. The normalized spacial score (nSPS) is 33.2. The van der Waals surface area contributed by atoms with Gasteiger partial charge in [-0.3, -0.25) is 9.69 Å². The van der Waals surface area contributed by atoms with Gasteiger partial charge >= 0.3 is 0 Å². The van der Waals surface area contributed by atoms with Gasteiger partial charge in [0.2, 0.25) is 10.0 Å². The molecule has 11 heteroatoms. The summed E-state index contributed by atoms with van der Waals surface area (Å²) < 4.78 is 43.0. The largest absolute Gasteiger partial charge is 0.490 e. The van der Waals surface area contributed by atoms with E-state index in [4.69, 9.17) is 21.1 Å². The minimum Gasteiger partial charge on any atom is -0.490 e. The van der Waals surface area contributed by atoms with Crippen molar-refractivity contribution >= 4 is 33.2 Å². The van der Waals surface area contributed by atoms with Crippen molar-refractivity contribution in [3.8, 4) is 5.75 Å². The summed E-state index contributed by atoms with van der Waals surface area (Å²) in [5.74, 6) is 0.530. The third-order valence-corrected chi connectivity index (χ3v) is 15.2. The lowest BCUT2D eigenvalue weighted by molar-refractivity contribution is -0.0954. The molecule has 3 aliphatic heterocycles. The van der Waals surface area contributed by atoms with Gasteiger partial charge in [-0.2, -0.15) is 0 Å². The van der Waals surface area contributed by atoms with Crippen LogP contribution in [0.4, 0.5) is 5.69 Å². The Hall–Kier alpha value is -2.63. The summed E-state index contributed by atoms with van der Waals surface area (Å²) in [6.07, 6.45) is 11.3. The quantitative estimate of drug-likeness (QED) is 0.357. The molecule has 1 saturated carbocycles. The van der Waals surface area contributed by atoms with Crippen molar-refractivity contribution in [3.05, 3.63) is 70.3 Å². The topological polar surface area (TPSA) is 91.4 Å². The molecule has 2 aromatic rings. The van der Waals surface area contributed by atoms with Crippen molar-refractivity contribution in [3.63, 3.8) is 0 Å². The summed E-state index contributed by atoms with van der Waals surface area (Å²) in [6.45, 7) is 14.0. The average molecular weight is 753 g/mol. The third-order valence-electron chi connectivity index (χ3n) is 13.1. The number of allylic oxidation sites excluding steroid dienone is 1. The summed E-state index contributed by atoms with van der Waals surface area (Å²) >= 11 is 6.50. The van der Waals surface area contributed by atoms with Gasteiger partial charge in [0.15, 0.2) is 0 Å². The number of halogens is 1. The molecule has 52 heavy (non-hydrogen) atoms. The molecule has 1 saturated heterocycles. The van der Waals surface area contributed by atoms with Crippen molar-refractivity contribution in [2.24, 2.45) is 17.8 Å². The minimum atomic E-state index is -3.95. The summed E-state index contributed by atoms with van der Waals surface area (Å²) in [6, 6.07) is 11.7. The number of carbonyl (C=O) groups is 1. The maximum absolute atomic E-state index is 13.6. The number of sulfonamides is 1. The zero-order valence-electron chi connectivity index (χ0n) is 31.4. The molecule has 284 valence electrons. The number of anilines is 1. The number of hydrogen-bond acceptors (Lipinski definition) is 8. The second-order valence-electron chi connectivity index (χ2n) is 16.3. The molecule has 7 rings (SSSR count).